The first kappa shape index (κ1) is 17.0. The number of H-pyrrole nitrogens is 1. The van der Waals surface area contributed by atoms with Gasteiger partial charge in [-0.25, -0.2) is 4.98 Å². The second-order valence-electron chi connectivity index (χ2n) is 4.98. The summed E-state index contributed by atoms with van der Waals surface area (Å²) >= 11 is 1.27. The minimum atomic E-state index is -0.0405. The van der Waals surface area contributed by atoms with Crippen molar-refractivity contribution in [2.75, 3.05) is 20.0 Å². The van der Waals surface area contributed by atoms with Crippen LogP contribution in [0.15, 0.2) is 47.9 Å². The number of hydrogen-bond donors (Lipinski definition) is 1. The van der Waals surface area contributed by atoms with E-state index in [9.17, 15) is 4.79 Å². The molecule has 128 valence electrons. The molecule has 2 heterocycles. The third-order valence-corrected chi connectivity index (χ3v) is 4.30. The quantitative estimate of drug-likeness (QED) is 0.514. The van der Waals surface area contributed by atoms with Crippen molar-refractivity contribution in [1.29, 1.82) is 0 Å². The van der Waals surface area contributed by atoms with Crippen LogP contribution in [0.2, 0.25) is 0 Å². The van der Waals surface area contributed by atoms with Crippen LogP contribution in [0.1, 0.15) is 10.4 Å². The molecule has 3 rings (SSSR count). The Kier molecular flexibility index (Phi) is 5.30. The van der Waals surface area contributed by atoms with Crippen LogP contribution in [0.25, 0.3) is 11.4 Å². The average molecular weight is 356 g/mol. The third kappa shape index (κ3) is 3.97. The molecule has 2 aromatic heterocycles. The second kappa shape index (κ2) is 7.80. The molecule has 0 saturated heterocycles. The predicted molar refractivity (Wildman–Crippen MR) is 94.2 cm³/mol. The fourth-order valence-electron chi connectivity index (χ4n) is 2.17. The first-order valence-electron chi connectivity index (χ1n) is 7.42. The maximum atomic E-state index is 12.4. The molecular formula is C17H16N4O3S. The molecule has 0 aliphatic heterocycles. The number of carbonyl (C=O) groups excluding carboxylic acids is 1. The summed E-state index contributed by atoms with van der Waals surface area (Å²) in [6.45, 7) is 0. The Hall–Kier alpha value is -2.87. The van der Waals surface area contributed by atoms with E-state index in [1.165, 1.54) is 18.9 Å². The number of ketones is 1. The molecule has 0 bridgehead atoms. The van der Waals surface area contributed by atoms with Crippen molar-refractivity contribution in [2.24, 2.45) is 0 Å². The van der Waals surface area contributed by atoms with E-state index >= 15 is 0 Å². The standard InChI is InChI=1S/C17H16N4O3S/c1-23-14-4-3-12(9-15(14)24-2)13(22)10-25-17-19-16(20-21-17)11-5-7-18-8-6-11/h3-9H,10H2,1-2H3,(H,19,20,21). The number of benzene rings is 1. The van der Waals surface area contributed by atoms with Crippen LogP contribution in [0.4, 0.5) is 0 Å². The number of methoxy groups -OCH3 is 2. The topological polar surface area (TPSA) is 90.0 Å². The fourth-order valence-corrected chi connectivity index (χ4v) is 2.87. The summed E-state index contributed by atoms with van der Waals surface area (Å²) in [5.74, 6) is 1.94. The molecule has 25 heavy (non-hydrogen) atoms. The summed E-state index contributed by atoms with van der Waals surface area (Å²) in [6, 6.07) is 8.77. The van der Waals surface area contributed by atoms with E-state index in [0.29, 0.717) is 28.0 Å². The monoisotopic (exact) mass is 356 g/mol. The van der Waals surface area contributed by atoms with Gasteiger partial charge in [0.1, 0.15) is 0 Å². The largest absolute Gasteiger partial charge is 0.493 e. The van der Waals surface area contributed by atoms with Crippen LogP contribution in [-0.4, -0.2) is 45.9 Å². The smallest absolute Gasteiger partial charge is 0.209 e. The van der Waals surface area contributed by atoms with Crippen LogP contribution < -0.4 is 9.47 Å². The van der Waals surface area contributed by atoms with E-state index in [1.807, 2.05) is 12.1 Å². The number of aromatic nitrogens is 4. The molecule has 7 nitrogen and oxygen atoms in total. The Bertz CT molecular complexity index is 867. The van der Waals surface area contributed by atoms with Crippen molar-refractivity contribution in [3.63, 3.8) is 0 Å². The first-order valence-corrected chi connectivity index (χ1v) is 8.40. The Morgan fingerprint density at radius 3 is 2.60 bits per heavy atom. The Morgan fingerprint density at radius 2 is 1.88 bits per heavy atom. The molecule has 0 aliphatic rings. The molecule has 0 radical (unpaired) electrons. The van der Waals surface area contributed by atoms with E-state index in [2.05, 4.69) is 20.2 Å². The van der Waals surface area contributed by atoms with Gasteiger partial charge in [-0.2, -0.15) is 0 Å². The molecule has 8 heteroatoms. The highest BCUT2D eigenvalue weighted by Gasteiger charge is 2.13. The van der Waals surface area contributed by atoms with E-state index in [0.717, 1.165) is 5.56 Å². The number of Topliss-reactive ketones (excluding diaryl/α,β-unsaturated/α-hetero) is 1. The number of thioether (sulfide) groups is 1. The van der Waals surface area contributed by atoms with Crippen molar-refractivity contribution in [2.45, 2.75) is 5.16 Å². The van der Waals surface area contributed by atoms with Gasteiger partial charge in [-0.05, 0) is 30.3 Å². The molecular weight excluding hydrogens is 340 g/mol. The summed E-state index contributed by atoms with van der Waals surface area (Å²) in [5.41, 5.74) is 1.44. The minimum absolute atomic E-state index is 0.0405. The van der Waals surface area contributed by atoms with Gasteiger partial charge in [0.15, 0.2) is 23.1 Å². The maximum absolute atomic E-state index is 12.4. The molecule has 1 aromatic carbocycles. The Labute approximate surface area is 148 Å². The molecule has 0 aliphatic carbocycles. The summed E-state index contributed by atoms with van der Waals surface area (Å²) in [6.07, 6.45) is 3.37. The summed E-state index contributed by atoms with van der Waals surface area (Å²) in [7, 11) is 3.09. The van der Waals surface area contributed by atoms with Gasteiger partial charge in [0.05, 0.1) is 20.0 Å². The van der Waals surface area contributed by atoms with Gasteiger partial charge in [0, 0.05) is 23.5 Å². The van der Waals surface area contributed by atoms with Crippen LogP contribution in [-0.2, 0) is 0 Å². The number of ether oxygens (including phenoxy) is 2. The molecule has 0 amide bonds. The maximum Gasteiger partial charge on any atom is 0.209 e. The summed E-state index contributed by atoms with van der Waals surface area (Å²) < 4.78 is 10.4. The molecule has 0 saturated carbocycles. The first-order chi connectivity index (χ1) is 12.2. The van der Waals surface area contributed by atoms with Crippen LogP contribution in [0.5, 0.6) is 11.5 Å². The van der Waals surface area contributed by atoms with E-state index in [4.69, 9.17) is 9.47 Å². The number of rotatable bonds is 7. The van der Waals surface area contributed by atoms with Crippen molar-refractivity contribution < 1.29 is 14.3 Å². The number of pyridine rings is 1. The number of hydrogen-bond acceptors (Lipinski definition) is 7. The normalized spacial score (nSPS) is 10.5. The lowest BCUT2D eigenvalue weighted by Gasteiger charge is -2.08. The highest BCUT2D eigenvalue weighted by atomic mass is 32.2. The molecule has 0 fully saturated rings. The predicted octanol–water partition coefficient (Wildman–Crippen LogP) is 2.86. The van der Waals surface area contributed by atoms with E-state index < -0.39 is 0 Å². The zero-order valence-electron chi connectivity index (χ0n) is 13.7. The van der Waals surface area contributed by atoms with E-state index in [-0.39, 0.29) is 11.5 Å². The molecule has 3 aromatic rings. The molecule has 0 unspecified atom stereocenters. The SMILES string of the molecule is COc1ccc(C(=O)CSc2n[nH]c(-c3ccncc3)n2)cc1OC. The second-order valence-corrected chi connectivity index (χ2v) is 5.93. The van der Waals surface area contributed by atoms with Crippen molar-refractivity contribution in [3.8, 4) is 22.9 Å². The van der Waals surface area contributed by atoms with Crippen molar-refractivity contribution in [3.05, 3.63) is 48.3 Å². The van der Waals surface area contributed by atoms with Gasteiger partial charge in [-0.3, -0.25) is 14.9 Å². The zero-order valence-corrected chi connectivity index (χ0v) is 14.5. The highest BCUT2D eigenvalue weighted by molar-refractivity contribution is 7.99. The molecule has 1 N–H and O–H groups in total. The molecule has 0 spiro atoms. The number of nitrogens with zero attached hydrogens (tertiary/aromatic N) is 3. The van der Waals surface area contributed by atoms with Gasteiger partial charge in [0.2, 0.25) is 5.16 Å². The van der Waals surface area contributed by atoms with Gasteiger partial charge >= 0.3 is 0 Å². The lowest BCUT2D eigenvalue weighted by Crippen LogP contribution is -2.03. The minimum Gasteiger partial charge on any atom is -0.493 e. The van der Waals surface area contributed by atoms with Gasteiger partial charge in [0.25, 0.3) is 0 Å². The Balaban J connectivity index is 1.66. The van der Waals surface area contributed by atoms with Crippen molar-refractivity contribution >= 4 is 17.5 Å². The van der Waals surface area contributed by atoms with Gasteiger partial charge < -0.3 is 9.47 Å². The van der Waals surface area contributed by atoms with E-state index in [1.54, 1.807) is 37.7 Å². The zero-order chi connectivity index (χ0) is 17.6. The lowest BCUT2D eigenvalue weighted by atomic mass is 10.1. The van der Waals surface area contributed by atoms with Gasteiger partial charge in [-0.15, -0.1) is 5.10 Å². The summed E-state index contributed by atoms with van der Waals surface area (Å²) in [5, 5.41) is 7.50. The fraction of sp³-hybridized carbons (Fsp3) is 0.176. The number of carbonyl (C=O) groups is 1. The van der Waals surface area contributed by atoms with Crippen LogP contribution in [0.3, 0.4) is 0 Å². The lowest BCUT2D eigenvalue weighted by molar-refractivity contribution is 0.102. The number of nitrogens with one attached hydrogen (secondary N) is 1. The molecule has 0 atom stereocenters. The van der Waals surface area contributed by atoms with Crippen molar-refractivity contribution in [1.82, 2.24) is 20.2 Å². The Morgan fingerprint density at radius 1 is 1.12 bits per heavy atom. The number of aromatic amines is 1. The highest BCUT2D eigenvalue weighted by Crippen LogP contribution is 2.28. The average Bonchev–Trinajstić information content (AvgIpc) is 3.15. The summed E-state index contributed by atoms with van der Waals surface area (Å²) in [4.78, 5) is 20.7. The third-order valence-electron chi connectivity index (χ3n) is 3.46. The van der Waals surface area contributed by atoms with Crippen LogP contribution >= 0.6 is 11.8 Å². The van der Waals surface area contributed by atoms with Gasteiger partial charge in [-0.1, -0.05) is 11.8 Å². The van der Waals surface area contributed by atoms with Crippen LogP contribution in [0, 0.1) is 0 Å².